The Morgan fingerprint density at radius 3 is 2.19 bits per heavy atom. The van der Waals surface area contributed by atoms with Crippen LogP contribution in [-0.2, 0) is 34.0 Å². The summed E-state index contributed by atoms with van der Waals surface area (Å²) in [6.45, 7) is 12.5. The molecule has 2 aliphatic rings. The molecule has 1 fully saturated rings. The summed E-state index contributed by atoms with van der Waals surface area (Å²) in [4.78, 5) is 14.7. The monoisotopic (exact) mass is 454 g/mol. The van der Waals surface area contributed by atoms with Crippen molar-refractivity contribution in [3.05, 3.63) is 59.2 Å². The van der Waals surface area contributed by atoms with Gasteiger partial charge >= 0.3 is 5.97 Å². The second-order valence-electron chi connectivity index (χ2n) is 10.3. The first-order chi connectivity index (χ1) is 15.1. The van der Waals surface area contributed by atoms with Crippen LogP contribution in [0.25, 0.3) is 0 Å². The number of carboxylic acid groups (broad SMARTS) is 1. The van der Waals surface area contributed by atoms with Crippen LogP contribution >= 0.6 is 0 Å². The molecule has 5 nitrogen and oxygen atoms in total. The molecule has 1 heterocycles. The molecule has 32 heavy (non-hydrogen) atoms. The molecule has 0 bridgehead atoms. The second-order valence-corrected chi connectivity index (χ2v) is 11.7. The number of hydrogen-bond donors (Lipinski definition) is 1. The first kappa shape index (κ1) is 23.0. The third-order valence-electron chi connectivity index (χ3n) is 6.81. The van der Waals surface area contributed by atoms with E-state index >= 15 is 0 Å². The lowest BCUT2D eigenvalue weighted by molar-refractivity contribution is -0.141. The molecule has 0 radical (unpaired) electrons. The smallest absolute Gasteiger partial charge is 0.307 e. The lowest BCUT2D eigenvalue weighted by Gasteiger charge is -2.44. The highest BCUT2D eigenvalue weighted by Crippen LogP contribution is 2.34. The summed E-state index contributed by atoms with van der Waals surface area (Å²) in [6, 6.07) is 14.8. The fourth-order valence-corrected chi connectivity index (χ4v) is 6.72. The van der Waals surface area contributed by atoms with Gasteiger partial charge < -0.3 is 10.0 Å². The van der Waals surface area contributed by atoms with Gasteiger partial charge in [0, 0.05) is 30.9 Å². The Morgan fingerprint density at radius 1 is 1.00 bits per heavy atom. The Bertz CT molecular complexity index is 1020. The predicted molar refractivity (Wildman–Crippen MR) is 130 cm³/mol. The van der Waals surface area contributed by atoms with Gasteiger partial charge in [0.05, 0.1) is 10.8 Å². The molecular weight excluding hydrogens is 420 g/mol. The van der Waals surface area contributed by atoms with E-state index < -0.39 is 22.9 Å². The zero-order valence-electron chi connectivity index (χ0n) is 19.7. The zero-order valence-corrected chi connectivity index (χ0v) is 20.5. The van der Waals surface area contributed by atoms with E-state index in [4.69, 9.17) is 0 Å². The van der Waals surface area contributed by atoms with Crippen molar-refractivity contribution in [2.45, 2.75) is 69.9 Å². The Labute approximate surface area is 194 Å². The van der Waals surface area contributed by atoms with Crippen LogP contribution in [0.1, 0.15) is 51.3 Å². The molecule has 1 aliphatic heterocycles. The number of piperazine rings is 1. The van der Waals surface area contributed by atoms with E-state index in [9.17, 15) is 14.1 Å². The van der Waals surface area contributed by atoms with E-state index in [1.807, 2.05) is 18.2 Å². The van der Waals surface area contributed by atoms with E-state index in [0.29, 0.717) is 12.8 Å². The average Bonchev–Trinajstić information content (AvgIpc) is 3.17. The molecule has 2 aromatic carbocycles. The number of carbonyl (C=O) groups is 1. The fourth-order valence-electron chi connectivity index (χ4n) is 5.09. The largest absolute Gasteiger partial charge is 0.481 e. The fraction of sp³-hybridized carbons (Fsp3) is 0.500. The highest BCUT2D eigenvalue weighted by molar-refractivity contribution is 7.82. The van der Waals surface area contributed by atoms with E-state index in [0.717, 1.165) is 29.1 Å². The SMILES string of the molecule is CC1CN(c2ccc(C(C)(C)C)cc2)CC(C)N1S(=O)c1cccc2c1CC(C(=O)O)C2. The van der Waals surface area contributed by atoms with Crippen molar-refractivity contribution in [1.82, 2.24) is 4.31 Å². The van der Waals surface area contributed by atoms with Crippen molar-refractivity contribution in [3.63, 3.8) is 0 Å². The molecule has 0 spiro atoms. The zero-order chi connectivity index (χ0) is 23.2. The van der Waals surface area contributed by atoms with Gasteiger partial charge in [0.15, 0.2) is 0 Å². The summed E-state index contributed by atoms with van der Waals surface area (Å²) >= 11 is 0. The van der Waals surface area contributed by atoms with Gasteiger partial charge in [-0.05, 0) is 67.0 Å². The van der Waals surface area contributed by atoms with Crippen molar-refractivity contribution in [1.29, 1.82) is 0 Å². The topological polar surface area (TPSA) is 60.9 Å². The molecule has 172 valence electrons. The van der Waals surface area contributed by atoms with Crippen molar-refractivity contribution < 1.29 is 14.1 Å². The van der Waals surface area contributed by atoms with Gasteiger partial charge in [0.25, 0.3) is 0 Å². The highest BCUT2D eigenvalue weighted by Gasteiger charge is 2.37. The Hall–Kier alpha value is -2.18. The van der Waals surface area contributed by atoms with Gasteiger partial charge in [0.1, 0.15) is 11.0 Å². The highest BCUT2D eigenvalue weighted by atomic mass is 32.2. The summed E-state index contributed by atoms with van der Waals surface area (Å²) in [5.41, 5.74) is 4.65. The van der Waals surface area contributed by atoms with Gasteiger partial charge in [-0.2, -0.15) is 0 Å². The standard InChI is InChI=1S/C26H34N2O3S/c1-17-15-27(22-11-9-21(10-12-22)26(3,4)5)16-18(2)28(17)32(31)24-8-6-7-19-13-20(25(29)30)14-23(19)24/h6-12,17-18,20H,13-16H2,1-5H3,(H,29,30). The van der Waals surface area contributed by atoms with Crippen molar-refractivity contribution in [2.24, 2.45) is 5.92 Å². The minimum atomic E-state index is -1.31. The van der Waals surface area contributed by atoms with Crippen LogP contribution in [0.15, 0.2) is 47.4 Å². The number of hydrogen-bond acceptors (Lipinski definition) is 3. The molecule has 1 aliphatic carbocycles. The van der Waals surface area contributed by atoms with Gasteiger partial charge in [-0.1, -0.05) is 45.0 Å². The van der Waals surface area contributed by atoms with Crippen molar-refractivity contribution >= 4 is 22.6 Å². The lowest BCUT2D eigenvalue weighted by atomic mass is 9.87. The molecule has 0 aromatic heterocycles. The molecule has 4 unspecified atom stereocenters. The number of aliphatic carboxylic acids is 1. The number of rotatable bonds is 4. The second kappa shape index (κ2) is 8.64. The number of fused-ring (bicyclic) bond motifs is 1. The molecule has 1 saturated heterocycles. The summed E-state index contributed by atoms with van der Waals surface area (Å²) in [5.74, 6) is -1.18. The Kier molecular flexibility index (Phi) is 6.21. The normalized spacial score (nSPS) is 24.9. The van der Waals surface area contributed by atoms with Crippen LogP contribution in [0.5, 0.6) is 0 Å². The molecular formula is C26H34N2O3S. The molecule has 4 rings (SSSR count). The van der Waals surface area contributed by atoms with Gasteiger partial charge in [-0.25, -0.2) is 8.51 Å². The summed E-state index contributed by atoms with van der Waals surface area (Å²) in [5, 5.41) is 9.45. The number of nitrogens with zero attached hydrogens (tertiary/aromatic N) is 2. The maximum atomic E-state index is 13.7. The molecule has 1 N–H and O–H groups in total. The minimum absolute atomic E-state index is 0.106. The van der Waals surface area contributed by atoms with E-state index in [-0.39, 0.29) is 17.5 Å². The molecule has 0 amide bonds. The van der Waals surface area contributed by atoms with Crippen LogP contribution in [0.4, 0.5) is 5.69 Å². The molecule has 6 heteroatoms. The number of benzene rings is 2. The summed E-state index contributed by atoms with van der Waals surface area (Å²) < 4.78 is 15.8. The third kappa shape index (κ3) is 4.35. The van der Waals surface area contributed by atoms with Gasteiger partial charge in [-0.15, -0.1) is 0 Å². The Balaban J connectivity index is 1.52. The van der Waals surface area contributed by atoms with E-state index in [2.05, 4.69) is 68.1 Å². The first-order valence-corrected chi connectivity index (χ1v) is 12.6. The quantitative estimate of drug-likeness (QED) is 0.744. The van der Waals surface area contributed by atoms with Crippen LogP contribution < -0.4 is 4.90 Å². The maximum absolute atomic E-state index is 13.7. The van der Waals surface area contributed by atoms with Crippen LogP contribution in [0.3, 0.4) is 0 Å². The Morgan fingerprint density at radius 2 is 1.62 bits per heavy atom. The summed E-state index contributed by atoms with van der Waals surface area (Å²) in [7, 11) is -1.31. The minimum Gasteiger partial charge on any atom is -0.481 e. The van der Waals surface area contributed by atoms with Crippen LogP contribution in [0.2, 0.25) is 0 Å². The number of carboxylic acids is 1. The van der Waals surface area contributed by atoms with E-state index in [1.165, 1.54) is 11.3 Å². The lowest BCUT2D eigenvalue weighted by Crippen LogP contribution is -2.57. The molecule has 4 atom stereocenters. The van der Waals surface area contributed by atoms with Crippen LogP contribution in [0, 0.1) is 5.92 Å². The van der Waals surface area contributed by atoms with Crippen molar-refractivity contribution in [2.75, 3.05) is 18.0 Å². The van der Waals surface area contributed by atoms with Crippen LogP contribution in [-0.4, -0.2) is 44.8 Å². The predicted octanol–water partition coefficient (Wildman–Crippen LogP) is 4.41. The molecule has 0 saturated carbocycles. The van der Waals surface area contributed by atoms with Gasteiger partial charge in [0.2, 0.25) is 0 Å². The summed E-state index contributed by atoms with van der Waals surface area (Å²) in [6.07, 6.45) is 0.995. The first-order valence-electron chi connectivity index (χ1n) is 11.5. The van der Waals surface area contributed by atoms with E-state index in [1.54, 1.807) is 0 Å². The number of anilines is 1. The average molecular weight is 455 g/mol. The maximum Gasteiger partial charge on any atom is 0.307 e. The van der Waals surface area contributed by atoms with Gasteiger partial charge in [-0.3, -0.25) is 4.79 Å². The van der Waals surface area contributed by atoms with Crippen molar-refractivity contribution in [3.8, 4) is 0 Å². The third-order valence-corrected chi connectivity index (χ3v) is 8.67. The molecule has 2 aromatic rings.